The average Bonchev–Trinajstić information content (AvgIpc) is 2.61. The van der Waals surface area contributed by atoms with Gasteiger partial charge in [-0.3, -0.25) is 4.79 Å². The van der Waals surface area contributed by atoms with E-state index in [0.717, 1.165) is 11.6 Å². The Labute approximate surface area is 150 Å². The lowest BCUT2D eigenvalue weighted by Crippen LogP contribution is -2.42. The molecule has 1 fully saturated rings. The van der Waals surface area contributed by atoms with Gasteiger partial charge in [0, 0.05) is 17.8 Å². The summed E-state index contributed by atoms with van der Waals surface area (Å²) in [5.74, 6) is -1.90. The van der Waals surface area contributed by atoms with Gasteiger partial charge in [-0.05, 0) is 30.4 Å². The Kier molecular flexibility index (Phi) is 5.46. The Balaban J connectivity index is 1.74. The van der Waals surface area contributed by atoms with E-state index in [-0.39, 0.29) is 30.0 Å². The first kappa shape index (κ1) is 18.3. The summed E-state index contributed by atoms with van der Waals surface area (Å²) in [6, 6.07) is 6.89. The van der Waals surface area contributed by atoms with Crippen LogP contribution in [-0.2, 0) is 11.2 Å². The van der Waals surface area contributed by atoms with Crippen molar-refractivity contribution >= 4 is 5.91 Å². The fourth-order valence-electron chi connectivity index (χ4n) is 3.15. The molecule has 0 spiro atoms. The minimum atomic E-state index is -1.01. The number of methoxy groups -OCH3 is 1. The van der Waals surface area contributed by atoms with E-state index >= 15 is 0 Å². The zero-order chi connectivity index (χ0) is 18.7. The molecule has 2 N–H and O–H groups in total. The molecule has 1 aliphatic rings. The van der Waals surface area contributed by atoms with Gasteiger partial charge in [-0.25, -0.2) is 13.8 Å². The molecule has 3 rings (SSSR count). The third kappa shape index (κ3) is 3.99. The number of aliphatic hydroxyl groups is 1. The predicted octanol–water partition coefficient (Wildman–Crippen LogP) is 2.54. The van der Waals surface area contributed by atoms with Gasteiger partial charge in [0.15, 0.2) is 11.6 Å². The highest BCUT2D eigenvalue weighted by molar-refractivity contribution is 5.79. The van der Waals surface area contributed by atoms with Gasteiger partial charge in [0.1, 0.15) is 0 Å². The molecular weight excluding hydrogens is 342 g/mol. The van der Waals surface area contributed by atoms with Crippen LogP contribution in [0.5, 0.6) is 5.88 Å². The number of nitrogens with one attached hydrogen (secondary N) is 1. The molecule has 0 aliphatic heterocycles. The first-order chi connectivity index (χ1) is 12.5. The second-order valence-corrected chi connectivity index (χ2v) is 6.45. The van der Waals surface area contributed by atoms with Crippen molar-refractivity contribution in [2.75, 3.05) is 7.11 Å². The Hall–Kier alpha value is -2.54. The van der Waals surface area contributed by atoms with Crippen LogP contribution in [0.3, 0.4) is 0 Å². The van der Waals surface area contributed by atoms with Crippen LogP contribution in [0.4, 0.5) is 8.78 Å². The zero-order valence-electron chi connectivity index (χ0n) is 14.3. The number of aromatic nitrogens is 1. The second-order valence-electron chi connectivity index (χ2n) is 6.45. The van der Waals surface area contributed by atoms with E-state index in [9.17, 15) is 18.7 Å². The van der Waals surface area contributed by atoms with E-state index in [0.29, 0.717) is 18.7 Å². The molecule has 1 aromatic carbocycles. The molecule has 1 heterocycles. The lowest BCUT2D eigenvalue weighted by molar-refractivity contribution is -0.122. The summed E-state index contributed by atoms with van der Waals surface area (Å²) in [6.07, 6.45) is 2.08. The van der Waals surface area contributed by atoms with E-state index in [4.69, 9.17) is 4.74 Å². The maximum absolute atomic E-state index is 13.8. The van der Waals surface area contributed by atoms with E-state index in [1.807, 2.05) is 0 Å². The van der Waals surface area contributed by atoms with Gasteiger partial charge in [-0.1, -0.05) is 18.2 Å². The molecular formula is C19H20F2N2O3. The molecule has 5 nitrogen and oxygen atoms in total. The highest BCUT2D eigenvalue weighted by atomic mass is 19.2. The quantitative estimate of drug-likeness (QED) is 0.828. The Morgan fingerprint density at radius 1 is 1.35 bits per heavy atom. The van der Waals surface area contributed by atoms with Crippen molar-refractivity contribution in [1.82, 2.24) is 10.3 Å². The zero-order valence-corrected chi connectivity index (χ0v) is 14.3. The summed E-state index contributed by atoms with van der Waals surface area (Å²) in [6.45, 7) is 0. The molecule has 2 aromatic rings. The highest BCUT2D eigenvalue weighted by Gasteiger charge is 2.36. The number of aliphatic hydroxyl groups excluding tert-OH is 1. The molecule has 1 atom stereocenters. The number of rotatable bonds is 6. The van der Waals surface area contributed by atoms with Crippen molar-refractivity contribution in [2.24, 2.45) is 5.92 Å². The number of hydrogen-bond donors (Lipinski definition) is 2. The molecule has 1 amide bonds. The van der Waals surface area contributed by atoms with Crippen molar-refractivity contribution in [3.05, 3.63) is 59.3 Å². The molecule has 138 valence electrons. The number of halogens is 2. The SMILES string of the molecule is COc1ccc([C@H](NC(=O)Cc2cccc(F)c2F)C2CC(O)C2)cn1. The van der Waals surface area contributed by atoms with E-state index < -0.39 is 17.5 Å². The van der Waals surface area contributed by atoms with Crippen molar-refractivity contribution in [3.8, 4) is 5.88 Å². The maximum atomic E-state index is 13.8. The van der Waals surface area contributed by atoms with Crippen molar-refractivity contribution in [3.63, 3.8) is 0 Å². The fraction of sp³-hybridized carbons (Fsp3) is 0.368. The topological polar surface area (TPSA) is 71.5 Å². The second kappa shape index (κ2) is 7.78. The Morgan fingerprint density at radius 3 is 2.73 bits per heavy atom. The van der Waals surface area contributed by atoms with Gasteiger partial charge in [-0.15, -0.1) is 0 Å². The number of nitrogens with zero attached hydrogens (tertiary/aromatic N) is 1. The number of carbonyl (C=O) groups is 1. The number of hydrogen-bond acceptors (Lipinski definition) is 4. The normalized spacial score (nSPS) is 20.2. The molecule has 0 unspecified atom stereocenters. The van der Waals surface area contributed by atoms with Crippen LogP contribution in [-0.4, -0.2) is 29.2 Å². The van der Waals surface area contributed by atoms with Gasteiger partial charge in [0.2, 0.25) is 11.8 Å². The predicted molar refractivity (Wildman–Crippen MR) is 90.5 cm³/mol. The van der Waals surface area contributed by atoms with E-state index in [1.54, 1.807) is 18.3 Å². The molecule has 7 heteroatoms. The van der Waals surface area contributed by atoms with Crippen LogP contribution in [0.25, 0.3) is 0 Å². The molecule has 1 aliphatic carbocycles. The smallest absolute Gasteiger partial charge is 0.225 e. The Morgan fingerprint density at radius 2 is 2.12 bits per heavy atom. The van der Waals surface area contributed by atoms with Crippen molar-refractivity contribution in [1.29, 1.82) is 0 Å². The minimum Gasteiger partial charge on any atom is -0.481 e. The van der Waals surface area contributed by atoms with E-state index in [1.165, 1.54) is 19.2 Å². The number of ether oxygens (including phenoxy) is 1. The third-order valence-electron chi connectivity index (χ3n) is 4.65. The van der Waals surface area contributed by atoms with Crippen LogP contribution in [0.2, 0.25) is 0 Å². The van der Waals surface area contributed by atoms with E-state index in [2.05, 4.69) is 10.3 Å². The lowest BCUT2D eigenvalue weighted by atomic mass is 9.75. The van der Waals surface area contributed by atoms with Gasteiger partial charge < -0.3 is 15.2 Å². The van der Waals surface area contributed by atoms with Gasteiger partial charge in [0.05, 0.1) is 25.7 Å². The monoisotopic (exact) mass is 362 g/mol. The molecule has 0 bridgehead atoms. The minimum absolute atomic E-state index is 0.00255. The standard InChI is InChI=1S/C19H20F2N2O3/c1-26-17-6-5-12(10-22-17)19(13-7-14(24)8-13)23-16(25)9-11-3-2-4-15(20)18(11)21/h2-6,10,13-14,19,24H,7-9H2,1H3,(H,23,25)/t13?,14?,19-/m0/s1. The first-order valence-corrected chi connectivity index (χ1v) is 8.38. The summed E-state index contributed by atoms with van der Waals surface area (Å²) in [5.41, 5.74) is 0.776. The number of pyridine rings is 1. The molecule has 1 aromatic heterocycles. The number of amides is 1. The molecule has 1 saturated carbocycles. The van der Waals surface area contributed by atoms with Gasteiger partial charge >= 0.3 is 0 Å². The Bertz CT molecular complexity index is 777. The average molecular weight is 362 g/mol. The largest absolute Gasteiger partial charge is 0.481 e. The lowest BCUT2D eigenvalue weighted by Gasteiger charge is -2.38. The van der Waals surface area contributed by atoms with Gasteiger partial charge in [0.25, 0.3) is 0 Å². The molecule has 0 radical (unpaired) electrons. The molecule has 0 saturated heterocycles. The van der Waals surface area contributed by atoms with Crippen LogP contribution in [0.15, 0.2) is 36.5 Å². The fourth-order valence-corrected chi connectivity index (χ4v) is 3.15. The highest BCUT2D eigenvalue weighted by Crippen LogP contribution is 2.38. The van der Waals surface area contributed by atoms with Crippen LogP contribution < -0.4 is 10.1 Å². The van der Waals surface area contributed by atoms with Crippen molar-refractivity contribution < 1.29 is 23.4 Å². The summed E-state index contributed by atoms with van der Waals surface area (Å²) in [5, 5.41) is 12.5. The summed E-state index contributed by atoms with van der Waals surface area (Å²) >= 11 is 0. The van der Waals surface area contributed by atoms with Gasteiger partial charge in [-0.2, -0.15) is 0 Å². The molecule has 26 heavy (non-hydrogen) atoms. The van der Waals surface area contributed by atoms with Crippen LogP contribution in [0.1, 0.15) is 30.0 Å². The third-order valence-corrected chi connectivity index (χ3v) is 4.65. The van der Waals surface area contributed by atoms with Crippen LogP contribution in [0, 0.1) is 17.6 Å². The summed E-state index contributed by atoms with van der Waals surface area (Å²) in [7, 11) is 1.51. The van der Waals surface area contributed by atoms with Crippen molar-refractivity contribution in [2.45, 2.75) is 31.4 Å². The first-order valence-electron chi connectivity index (χ1n) is 8.38. The number of carbonyl (C=O) groups excluding carboxylic acids is 1. The number of benzene rings is 1. The summed E-state index contributed by atoms with van der Waals surface area (Å²) in [4.78, 5) is 16.6. The summed E-state index contributed by atoms with van der Waals surface area (Å²) < 4.78 is 32.1. The maximum Gasteiger partial charge on any atom is 0.225 e. The van der Waals surface area contributed by atoms with Crippen LogP contribution >= 0.6 is 0 Å².